The molecular formula is C6H18CoO3. The molecule has 0 aliphatic rings. The van der Waals surface area contributed by atoms with Gasteiger partial charge in [0.2, 0.25) is 0 Å². The molecule has 0 atom stereocenters. The van der Waals surface area contributed by atoms with Crippen LogP contribution in [0.25, 0.3) is 0 Å². The van der Waals surface area contributed by atoms with Crippen molar-refractivity contribution in [3.63, 3.8) is 0 Å². The molecule has 3 nitrogen and oxygen atoms in total. The van der Waals surface area contributed by atoms with Gasteiger partial charge < -0.3 is 15.3 Å². The van der Waals surface area contributed by atoms with Crippen LogP contribution in [0.1, 0.15) is 20.8 Å². The van der Waals surface area contributed by atoms with Crippen LogP contribution in [0.15, 0.2) is 0 Å². The Morgan fingerprint density at radius 3 is 0.700 bits per heavy atom. The molecule has 0 aliphatic carbocycles. The monoisotopic (exact) mass is 197 g/mol. The van der Waals surface area contributed by atoms with Crippen LogP contribution in [0, 0.1) is 0 Å². The molecule has 0 rings (SSSR count). The zero-order chi connectivity index (χ0) is 8.12. The second-order valence-electron chi connectivity index (χ2n) is 0.949. The molecule has 0 fully saturated rings. The third-order valence-corrected chi connectivity index (χ3v) is 0. The Bertz CT molecular complexity index is 17.7. The SMILES string of the molecule is CCO.CCO.CCO.[Co]. The van der Waals surface area contributed by atoms with E-state index in [1.807, 2.05) is 0 Å². The van der Waals surface area contributed by atoms with Crippen molar-refractivity contribution in [3.8, 4) is 0 Å². The van der Waals surface area contributed by atoms with Gasteiger partial charge in [0.25, 0.3) is 0 Å². The second-order valence-corrected chi connectivity index (χ2v) is 0.949. The van der Waals surface area contributed by atoms with Gasteiger partial charge in [0, 0.05) is 36.6 Å². The van der Waals surface area contributed by atoms with Crippen molar-refractivity contribution < 1.29 is 32.1 Å². The first-order valence-corrected chi connectivity index (χ1v) is 3.07. The van der Waals surface area contributed by atoms with Gasteiger partial charge in [-0.05, 0) is 20.8 Å². The topological polar surface area (TPSA) is 60.7 Å². The van der Waals surface area contributed by atoms with Crippen molar-refractivity contribution in [1.82, 2.24) is 0 Å². The summed E-state index contributed by atoms with van der Waals surface area (Å²) in [5.74, 6) is 0. The number of hydrogen-bond acceptors (Lipinski definition) is 3. The van der Waals surface area contributed by atoms with E-state index in [4.69, 9.17) is 15.3 Å². The molecule has 3 N–H and O–H groups in total. The first-order valence-electron chi connectivity index (χ1n) is 3.07. The molecule has 0 aromatic rings. The average Bonchev–Trinajstić information content (AvgIpc) is 1.70. The molecule has 1 radical (unpaired) electrons. The van der Waals surface area contributed by atoms with Gasteiger partial charge in [-0.1, -0.05) is 0 Å². The van der Waals surface area contributed by atoms with Gasteiger partial charge in [-0.3, -0.25) is 0 Å². The summed E-state index contributed by atoms with van der Waals surface area (Å²) in [6, 6.07) is 0. The largest absolute Gasteiger partial charge is 0.397 e. The van der Waals surface area contributed by atoms with E-state index >= 15 is 0 Å². The Kier molecular flexibility index (Phi) is 129. The minimum Gasteiger partial charge on any atom is -0.397 e. The maximum absolute atomic E-state index is 7.57. The second kappa shape index (κ2) is 57.6. The van der Waals surface area contributed by atoms with Crippen molar-refractivity contribution in [2.24, 2.45) is 0 Å². The third-order valence-electron chi connectivity index (χ3n) is 0. The van der Waals surface area contributed by atoms with Crippen LogP contribution in [-0.2, 0) is 16.8 Å². The van der Waals surface area contributed by atoms with Crippen LogP contribution < -0.4 is 0 Å². The van der Waals surface area contributed by atoms with Crippen molar-refractivity contribution in [3.05, 3.63) is 0 Å². The Labute approximate surface area is 73.3 Å². The van der Waals surface area contributed by atoms with Gasteiger partial charge in [0.05, 0.1) is 0 Å². The first-order chi connectivity index (χ1) is 4.24. The van der Waals surface area contributed by atoms with Gasteiger partial charge in [-0.2, -0.15) is 0 Å². The van der Waals surface area contributed by atoms with Gasteiger partial charge >= 0.3 is 0 Å². The predicted octanol–water partition coefficient (Wildman–Crippen LogP) is -0.00670. The Hall–Kier alpha value is 0.386. The molecule has 0 bridgehead atoms. The van der Waals surface area contributed by atoms with E-state index in [0.717, 1.165) is 0 Å². The Balaban J connectivity index is -0.0000000257. The standard InChI is InChI=1S/3C2H6O.Co/c3*1-2-3;/h3*3H,2H2,1H3;. The predicted molar refractivity (Wildman–Crippen MR) is 38.3 cm³/mol. The fourth-order valence-corrected chi connectivity index (χ4v) is 0. The van der Waals surface area contributed by atoms with Crippen molar-refractivity contribution in [1.29, 1.82) is 0 Å². The number of rotatable bonds is 0. The van der Waals surface area contributed by atoms with Crippen LogP contribution in [0.5, 0.6) is 0 Å². The molecule has 0 aromatic carbocycles. The molecule has 0 unspecified atom stereocenters. The summed E-state index contributed by atoms with van der Waals surface area (Å²) in [5.41, 5.74) is 0. The molecule has 10 heavy (non-hydrogen) atoms. The summed E-state index contributed by atoms with van der Waals surface area (Å²) in [5, 5.41) is 22.7. The van der Waals surface area contributed by atoms with E-state index < -0.39 is 0 Å². The van der Waals surface area contributed by atoms with Crippen molar-refractivity contribution >= 4 is 0 Å². The molecular weight excluding hydrogens is 179 g/mol. The van der Waals surface area contributed by atoms with Gasteiger partial charge in [0.15, 0.2) is 0 Å². The quantitative estimate of drug-likeness (QED) is 0.512. The zero-order valence-electron chi connectivity index (χ0n) is 6.80. The van der Waals surface area contributed by atoms with E-state index in [9.17, 15) is 0 Å². The summed E-state index contributed by atoms with van der Waals surface area (Å²) in [6.07, 6.45) is 0. The molecule has 4 heteroatoms. The van der Waals surface area contributed by atoms with E-state index in [2.05, 4.69) is 0 Å². The van der Waals surface area contributed by atoms with Crippen molar-refractivity contribution in [2.75, 3.05) is 19.8 Å². The zero-order valence-corrected chi connectivity index (χ0v) is 7.84. The molecule has 0 aliphatic heterocycles. The smallest absolute Gasteiger partial charge is 0.0402 e. The number of aliphatic hydroxyl groups is 3. The van der Waals surface area contributed by atoms with Gasteiger partial charge in [0.1, 0.15) is 0 Å². The van der Waals surface area contributed by atoms with Crippen LogP contribution in [-0.4, -0.2) is 35.1 Å². The Morgan fingerprint density at radius 1 is 0.700 bits per heavy atom. The number of aliphatic hydroxyl groups excluding tert-OH is 3. The van der Waals surface area contributed by atoms with E-state index in [1.54, 1.807) is 20.8 Å². The maximum atomic E-state index is 7.57. The minimum atomic E-state index is 0. The molecule has 0 saturated carbocycles. The molecule has 0 saturated heterocycles. The molecule has 0 amide bonds. The molecule has 0 aromatic heterocycles. The first kappa shape index (κ1) is 22.4. The molecule has 0 heterocycles. The molecule has 69 valence electrons. The van der Waals surface area contributed by atoms with Crippen molar-refractivity contribution in [2.45, 2.75) is 20.8 Å². The summed E-state index contributed by atoms with van der Waals surface area (Å²) < 4.78 is 0. The maximum Gasteiger partial charge on any atom is 0.0402 e. The summed E-state index contributed by atoms with van der Waals surface area (Å²) in [6.45, 7) is 5.79. The normalized spacial score (nSPS) is 5.40. The van der Waals surface area contributed by atoms with Crippen LogP contribution >= 0.6 is 0 Å². The Morgan fingerprint density at radius 2 is 0.700 bits per heavy atom. The average molecular weight is 197 g/mol. The van der Waals surface area contributed by atoms with Gasteiger partial charge in [-0.15, -0.1) is 0 Å². The fourth-order valence-electron chi connectivity index (χ4n) is 0. The summed E-state index contributed by atoms with van der Waals surface area (Å²) in [7, 11) is 0. The van der Waals surface area contributed by atoms with E-state index in [1.165, 1.54) is 0 Å². The van der Waals surface area contributed by atoms with Gasteiger partial charge in [-0.25, -0.2) is 0 Å². The van der Waals surface area contributed by atoms with E-state index in [0.29, 0.717) is 0 Å². The minimum absolute atomic E-state index is 0. The number of hydrogen-bond donors (Lipinski definition) is 3. The van der Waals surface area contributed by atoms with Crippen LogP contribution in [0.2, 0.25) is 0 Å². The summed E-state index contributed by atoms with van der Waals surface area (Å²) >= 11 is 0. The molecule has 0 spiro atoms. The summed E-state index contributed by atoms with van der Waals surface area (Å²) in [4.78, 5) is 0. The van der Waals surface area contributed by atoms with Crippen LogP contribution in [0.4, 0.5) is 0 Å². The van der Waals surface area contributed by atoms with Crippen LogP contribution in [0.3, 0.4) is 0 Å². The third kappa shape index (κ3) is 3060. The fraction of sp³-hybridized carbons (Fsp3) is 1.00. The van der Waals surface area contributed by atoms with E-state index in [-0.39, 0.29) is 36.6 Å².